The highest BCUT2D eigenvalue weighted by Crippen LogP contribution is 2.24. The molecule has 0 radical (unpaired) electrons. The third kappa shape index (κ3) is 2.82. The van der Waals surface area contributed by atoms with Gasteiger partial charge in [0.1, 0.15) is 10.8 Å². The summed E-state index contributed by atoms with van der Waals surface area (Å²) in [4.78, 5) is 2.64. The van der Waals surface area contributed by atoms with Crippen LogP contribution in [0.2, 0.25) is 0 Å². The van der Waals surface area contributed by atoms with Gasteiger partial charge in [0.25, 0.3) is 0 Å². The molecule has 0 bridgehead atoms. The highest BCUT2D eigenvalue weighted by molar-refractivity contribution is 7.80. The molecule has 0 aliphatic heterocycles. The van der Waals surface area contributed by atoms with Gasteiger partial charge in [-0.05, 0) is 19.4 Å². The van der Waals surface area contributed by atoms with Gasteiger partial charge in [0.15, 0.2) is 0 Å². The Hall–Kier alpha value is -1.88. The Morgan fingerprint density at radius 1 is 1.35 bits per heavy atom. The predicted octanol–water partition coefficient (Wildman–Crippen LogP) is 2.39. The maximum Gasteiger partial charge on any atom is 0.137 e. The molecule has 0 spiro atoms. The minimum atomic E-state index is 0.400. The fourth-order valence-electron chi connectivity index (χ4n) is 2.44. The van der Waals surface area contributed by atoms with Crippen molar-refractivity contribution in [1.82, 2.24) is 9.78 Å². The number of anilines is 1. The number of thiocarbonyl (C=S) groups is 1. The lowest BCUT2D eigenvalue weighted by atomic mass is 10.2. The van der Waals surface area contributed by atoms with Crippen LogP contribution in [0.5, 0.6) is 0 Å². The Labute approximate surface area is 125 Å². The number of benzene rings is 1. The summed E-state index contributed by atoms with van der Waals surface area (Å²) in [5.41, 5.74) is 8.87. The molecule has 0 saturated heterocycles. The molecule has 0 amide bonds. The molecule has 0 unspecified atom stereocenters. The van der Waals surface area contributed by atoms with Crippen LogP contribution >= 0.6 is 12.2 Å². The largest absolute Gasteiger partial charge is 0.389 e. The van der Waals surface area contributed by atoms with Gasteiger partial charge in [-0.1, -0.05) is 42.5 Å². The first kappa shape index (κ1) is 14.5. The summed E-state index contributed by atoms with van der Waals surface area (Å²) >= 11 is 5.18. The number of hydrogen-bond donors (Lipinski definition) is 1. The molecule has 2 aromatic rings. The molecule has 5 heteroatoms. The third-order valence-electron chi connectivity index (χ3n) is 3.34. The quantitative estimate of drug-likeness (QED) is 0.858. The zero-order chi connectivity index (χ0) is 14.7. The molecule has 106 valence electrons. The average Bonchev–Trinajstić information content (AvgIpc) is 2.72. The van der Waals surface area contributed by atoms with Crippen molar-refractivity contribution < 1.29 is 0 Å². The zero-order valence-corrected chi connectivity index (χ0v) is 12.9. The van der Waals surface area contributed by atoms with Gasteiger partial charge in [0.2, 0.25) is 0 Å². The monoisotopic (exact) mass is 288 g/mol. The lowest BCUT2D eigenvalue weighted by Gasteiger charge is -2.24. The number of nitrogens with two attached hydrogens (primary N) is 1. The Kier molecular flexibility index (Phi) is 4.39. The number of hydrogen-bond acceptors (Lipinski definition) is 3. The van der Waals surface area contributed by atoms with Crippen LogP contribution in [0.4, 0.5) is 5.82 Å². The molecule has 2 N–H and O–H groups in total. The molecule has 2 rings (SSSR count). The summed E-state index contributed by atoms with van der Waals surface area (Å²) in [6.45, 7) is 5.73. The van der Waals surface area contributed by atoms with Crippen LogP contribution in [0.1, 0.15) is 23.7 Å². The van der Waals surface area contributed by atoms with Gasteiger partial charge in [-0.3, -0.25) is 4.68 Å². The summed E-state index contributed by atoms with van der Waals surface area (Å²) in [6, 6.07) is 10.4. The van der Waals surface area contributed by atoms with E-state index in [4.69, 9.17) is 18.0 Å². The van der Waals surface area contributed by atoms with Gasteiger partial charge < -0.3 is 10.6 Å². The van der Waals surface area contributed by atoms with Gasteiger partial charge in [-0.15, -0.1) is 0 Å². The molecule has 1 aromatic heterocycles. The van der Waals surface area contributed by atoms with E-state index >= 15 is 0 Å². The molecule has 0 saturated carbocycles. The third-order valence-corrected chi connectivity index (χ3v) is 3.54. The van der Waals surface area contributed by atoms with E-state index in [0.717, 1.165) is 30.2 Å². The van der Waals surface area contributed by atoms with E-state index in [9.17, 15) is 0 Å². The van der Waals surface area contributed by atoms with Crippen molar-refractivity contribution in [2.45, 2.75) is 20.4 Å². The average molecular weight is 288 g/mol. The lowest BCUT2D eigenvalue weighted by Crippen LogP contribution is -2.27. The number of nitrogens with zero attached hydrogens (tertiary/aromatic N) is 3. The van der Waals surface area contributed by atoms with Gasteiger partial charge in [0.05, 0.1) is 11.3 Å². The highest BCUT2D eigenvalue weighted by atomic mass is 32.1. The van der Waals surface area contributed by atoms with Crippen molar-refractivity contribution in [3.8, 4) is 0 Å². The summed E-state index contributed by atoms with van der Waals surface area (Å²) in [6.07, 6.45) is 0. The van der Waals surface area contributed by atoms with E-state index in [-0.39, 0.29) is 0 Å². The standard InChI is InChI=1S/C15H20N4S/c1-4-19(10-12-8-6-5-7-9-12)15-13(14(16)20)11(2)17-18(15)3/h5-9H,4,10H2,1-3H3,(H2,16,20). The normalized spacial score (nSPS) is 10.6. The maximum atomic E-state index is 5.87. The Morgan fingerprint density at radius 2 is 2.00 bits per heavy atom. The number of aryl methyl sites for hydroxylation is 2. The number of rotatable bonds is 5. The first-order valence-corrected chi connectivity index (χ1v) is 7.07. The summed E-state index contributed by atoms with van der Waals surface area (Å²) in [7, 11) is 1.93. The second kappa shape index (κ2) is 6.05. The first-order valence-electron chi connectivity index (χ1n) is 6.66. The van der Waals surface area contributed by atoms with Crippen LogP contribution in [0.15, 0.2) is 30.3 Å². The number of aromatic nitrogens is 2. The molecule has 0 atom stereocenters. The Morgan fingerprint density at radius 3 is 2.55 bits per heavy atom. The lowest BCUT2D eigenvalue weighted by molar-refractivity contribution is 0.705. The van der Waals surface area contributed by atoms with E-state index in [0.29, 0.717) is 4.99 Å². The van der Waals surface area contributed by atoms with E-state index < -0.39 is 0 Å². The van der Waals surface area contributed by atoms with Crippen LogP contribution < -0.4 is 10.6 Å². The van der Waals surface area contributed by atoms with Gasteiger partial charge in [-0.25, -0.2) is 0 Å². The fourth-order valence-corrected chi connectivity index (χ4v) is 2.68. The fraction of sp³-hybridized carbons (Fsp3) is 0.333. The molecule has 20 heavy (non-hydrogen) atoms. The smallest absolute Gasteiger partial charge is 0.137 e. The van der Waals surface area contributed by atoms with Crippen LogP contribution in [0, 0.1) is 6.92 Å². The first-order chi connectivity index (χ1) is 9.54. The van der Waals surface area contributed by atoms with E-state index in [1.165, 1.54) is 5.56 Å². The summed E-state index contributed by atoms with van der Waals surface area (Å²) in [5.74, 6) is 0.987. The Bertz CT molecular complexity index is 604. The predicted molar refractivity (Wildman–Crippen MR) is 87.0 cm³/mol. The minimum Gasteiger partial charge on any atom is -0.389 e. The van der Waals surface area contributed by atoms with Crippen LogP contribution in [0.3, 0.4) is 0 Å². The van der Waals surface area contributed by atoms with Crippen molar-refractivity contribution in [3.05, 3.63) is 47.2 Å². The van der Waals surface area contributed by atoms with E-state index in [1.54, 1.807) is 0 Å². The molecule has 0 aliphatic rings. The molecule has 0 fully saturated rings. The van der Waals surface area contributed by atoms with Gasteiger partial charge >= 0.3 is 0 Å². The van der Waals surface area contributed by atoms with Crippen molar-refractivity contribution >= 4 is 23.0 Å². The highest BCUT2D eigenvalue weighted by Gasteiger charge is 2.20. The molecule has 4 nitrogen and oxygen atoms in total. The second-order valence-electron chi connectivity index (χ2n) is 4.77. The molecule has 1 heterocycles. The van der Waals surface area contributed by atoms with Crippen molar-refractivity contribution in [1.29, 1.82) is 0 Å². The maximum absolute atomic E-state index is 5.87. The van der Waals surface area contributed by atoms with Crippen LogP contribution in [-0.4, -0.2) is 21.3 Å². The Balaban J connectivity index is 2.40. The van der Waals surface area contributed by atoms with Crippen molar-refractivity contribution in [2.24, 2.45) is 12.8 Å². The zero-order valence-electron chi connectivity index (χ0n) is 12.1. The minimum absolute atomic E-state index is 0.400. The van der Waals surface area contributed by atoms with E-state index in [2.05, 4.69) is 29.1 Å². The summed E-state index contributed by atoms with van der Waals surface area (Å²) < 4.78 is 1.86. The SMILES string of the molecule is CCN(Cc1ccccc1)c1c(C(N)=S)c(C)nn1C. The van der Waals surface area contributed by atoms with Gasteiger partial charge in [0, 0.05) is 20.1 Å². The van der Waals surface area contributed by atoms with Crippen molar-refractivity contribution in [2.75, 3.05) is 11.4 Å². The topological polar surface area (TPSA) is 47.1 Å². The van der Waals surface area contributed by atoms with Gasteiger partial charge in [-0.2, -0.15) is 5.10 Å². The van der Waals surface area contributed by atoms with Crippen LogP contribution in [-0.2, 0) is 13.6 Å². The molecular weight excluding hydrogens is 268 g/mol. The molecule has 1 aromatic carbocycles. The van der Waals surface area contributed by atoms with Crippen LogP contribution in [0.25, 0.3) is 0 Å². The molecular formula is C15H20N4S. The second-order valence-corrected chi connectivity index (χ2v) is 5.21. The van der Waals surface area contributed by atoms with Crippen molar-refractivity contribution in [3.63, 3.8) is 0 Å². The summed E-state index contributed by atoms with van der Waals surface area (Å²) in [5, 5.41) is 4.45. The molecule has 0 aliphatic carbocycles. The van der Waals surface area contributed by atoms with E-state index in [1.807, 2.05) is 36.9 Å².